The molecule has 0 fully saturated rings. The first-order valence-electron chi connectivity index (χ1n) is 6.00. The standard InChI is InChI=1S/C14H19N3O/c1-11(8-15)6-14(18)17(2)10-13-5-3-4-12(7-13)9-16/h3-5,7,11H,6,8,10,15H2,1-2H3. The number of carbonyl (C=O) groups excluding carboxylic acids is 1. The van der Waals surface area contributed by atoms with E-state index in [-0.39, 0.29) is 11.8 Å². The molecule has 1 rings (SSSR count). The van der Waals surface area contributed by atoms with E-state index in [0.29, 0.717) is 25.1 Å². The highest BCUT2D eigenvalue weighted by molar-refractivity contribution is 5.76. The van der Waals surface area contributed by atoms with Crippen LogP contribution in [0.5, 0.6) is 0 Å². The molecule has 0 heterocycles. The maximum atomic E-state index is 11.9. The van der Waals surface area contributed by atoms with E-state index in [1.807, 2.05) is 19.1 Å². The smallest absolute Gasteiger partial charge is 0.222 e. The molecule has 0 spiro atoms. The van der Waals surface area contributed by atoms with Crippen molar-refractivity contribution in [3.63, 3.8) is 0 Å². The molecule has 1 unspecified atom stereocenters. The summed E-state index contributed by atoms with van der Waals surface area (Å²) in [5.41, 5.74) is 7.08. The van der Waals surface area contributed by atoms with Crippen LogP contribution >= 0.6 is 0 Å². The molecular weight excluding hydrogens is 226 g/mol. The lowest BCUT2D eigenvalue weighted by Crippen LogP contribution is -2.29. The van der Waals surface area contributed by atoms with Gasteiger partial charge in [-0.3, -0.25) is 4.79 Å². The van der Waals surface area contributed by atoms with Crippen molar-refractivity contribution in [2.75, 3.05) is 13.6 Å². The Morgan fingerprint density at radius 2 is 2.28 bits per heavy atom. The molecule has 0 aliphatic heterocycles. The van der Waals surface area contributed by atoms with Crippen LogP contribution in [0.1, 0.15) is 24.5 Å². The van der Waals surface area contributed by atoms with E-state index < -0.39 is 0 Å². The Hall–Kier alpha value is -1.86. The van der Waals surface area contributed by atoms with Gasteiger partial charge < -0.3 is 10.6 Å². The minimum absolute atomic E-state index is 0.0790. The fourth-order valence-electron chi connectivity index (χ4n) is 1.64. The summed E-state index contributed by atoms with van der Waals surface area (Å²) in [4.78, 5) is 13.5. The number of rotatable bonds is 5. The fraction of sp³-hybridized carbons (Fsp3) is 0.429. The van der Waals surface area contributed by atoms with Crippen molar-refractivity contribution >= 4 is 5.91 Å². The van der Waals surface area contributed by atoms with Crippen molar-refractivity contribution in [3.05, 3.63) is 35.4 Å². The first kappa shape index (κ1) is 14.2. The van der Waals surface area contributed by atoms with Gasteiger partial charge in [-0.1, -0.05) is 19.1 Å². The monoisotopic (exact) mass is 245 g/mol. The molecule has 0 radical (unpaired) electrons. The third-order valence-electron chi connectivity index (χ3n) is 2.83. The van der Waals surface area contributed by atoms with Crippen LogP contribution in [0.4, 0.5) is 0 Å². The van der Waals surface area contributed by atoms with Crippen LogP contribution in [0.15, 0.2) is 24.3 Å². The number of benzene rings is 1. The molecule has 4 heteroatoms. The number of amides is 1. The van der Waals surface area contributed by atoms with Crippen LogP contribution in [0.2, 0.25) is 0 Å². The predicted octanol–water partition coefficient (Wildman–Crippen LogP) is 1.50. The summed E-state index contributed by atoms with van der Waals surface area (Å²) in [6.45, 7) is 3.00. The van der Waals surface area contributed by atoms with Gasteiger partial charge in [0.2, 0.25) is 5.91 Å². The molecule has 0 bridgehead atoms. The summed E-state index contributed by atoms with van der Waals surface area (Å²) in [5, 5.41) is 8.81. The van der Waals surface area contributed by atoms with Crippen molar-refractivity contribution in [2.24, 2.45) is 11.7 Å². The number of hydrogen-bond donors (Lipinski definition) is 1. The van der Waals surface area contributed by atoms with E-state index in [9.17, 15) is 4.79 Å². The van der Waals surface area contributed by atoms with Gasteiger partial charge in [-0.25, -0.2) is 0 Å². The second-order valence-electron chi connectivity index (χ2n) is 4.61. The number of nitriles is 1. The highest BCUT2D eigenvalue weighted by atomic mass is 16.2. The van der Waals surface area contributed by atoms with E-state index in [1.165, 1.54) is 0 Å². The minimum Gasteiger partial charge on any atom is -0.341 e. The summed E-state index contributed by atoms with van der Waals surface area (Å²) in [6, 6.07) is 9.39. The highest BCUT2D eigenvalue weighted by Gasteiger charge is 2.12. The van der Waals surface area contributed by atoms with Gasteiger partial charge in [-0.2, -0.15) is 5.26 Å². The quantitative estimate of drug-likeness (QED) is 0.854. The maximum absolute atomic E-state index is 11.9. The van der Waals surface area contributed by atoms with Gasteiger partial charge in [0.25, 0.3) is 0 Å². The van der Waals surface area contributed by atoms with Crippen molar-refractivity contribution in [1.82, 2.24) is 4.90 Å². The topological polar surface area (TPSA) is 70.1 Å². The Morgan fingerprint density at radius 3 is 2.89 bits per heavy atom. The van der Waals surface area contributed by atoms with Gasteiger partial charge in [0, 0.05) is 20.0 Å². The average molecular weight is 245 g/mol. The van der Waals surface area contributed by atoms with Crippen LogP contribution in [0, 0.1) is 17.2 Å². The van der Waals surface area contributed by atoms with Gasteiger partial charge >= 0.3 is 0 Å². The lowest BCUT2D eigenvalue weighted by Gasteiger charge is -2.19. The Kier molecular flexibility index (Phi) is 5.34. The molecule has 96 valence electrons. The SMILES string of the molecule is CC(CN)CC(=O)N(C)Cc1cccc(C#N)c1. The summed E-state index contributed by atoms with van der Waals surface area (Å²) in [5.74, 6) is 0.278. The normalized spacial score (nSPS) is 11.7. The Bertz CT molecular complexity index is 451. The van der Waals surface area contributed by atoms with Crippen molar-refractivity contribution in [1.29, 1.82) is 5.26 Å². The number of nitrogens with zero attached hydrogens (tertiary/aromatic N) is 2. The largest absolute Gasteiger partial charge is 0.341 e. The van der Waals surface area contributed by atoms with Crippen molar-refractivity contribution in [2.45, 2.75) is 19.9 Å². The lowest BCUT2D eigenvalue weighted by molar-refractivity contribution is -0.131. The van der Waals surface area contributed by atoms with Crippen LogP contribution in [0.3, 0.4) is 0 Å². The third kappa shape index (κ3) is 4.19. The lowest BCUT2D eigenvalue weighted by atomic mass is 10.1. The van der Waals surface area contributed by atoms with Crippen LogP contribution in [0.25, 0.3) is 0 Å². The minimum atomic E-state index is 0.0790. The van der Waals surface area contributed by atoms with Crippen LogP contribution < -0.4 is 5.73 Å². The molecule has 1 aromatic carbocycles. The van der Waals surface area contributed by atoms with Gasteiger partial charge in [0.1, 0.15) is 0 Å². The number of carbonyl (C=O) groups is 1. The first-order chi connectivity index (χ1) is 8.56. The fourth-order valence-corrected chi connectivity index (χ4v) is 1.64. The van der Waals surface area contributed by atoms with Gasteiger partial charge in [-0.05, 0) is 30.2 Å². The summed E-state index contributed by atoms with van der Waals surface area (Å²) >= 11 is 0. The van der Waals surface area contributed by atoms with Crippen molar-refractivity contribution < 1.29 is 4.79 Å². The molecular formula is C14H19N3O. The Balaban J connectivity index is 2.61. The molecule has 4 nitrogen and oxygen atoms in total. The molecule has 0 aliphatic carbocycles. The Morgan fingerprint density at radius 1 is 1.56 bits per heavy atom. The molecule has 1 atom stereocenters. The van der Waals surface area contributed by atoms with Crippen molar-refractivity contribution in [3.8, 4) is 6.07 Å². The summed E-state index contributed by atoms with van der Waals surface area (Å²) < 4.78 is 0. The van der Waals surface area contributed by atoms with Gasteiger partial charge in [0.15, 0.2) is 0 Å². The zero-order valence-electron chi connectivity index (χ0n) is 10.9. The van der Waals surface area contributed by atoms with Crippen LogP contribution in [-0.4, -0.2) is 24.4 Å². The summed E-state index contributed by atoms with van der Waals surface area (Å²) in [7, 11) is 1.77. The number of hydrogen-bond acceptors (Lipinski definition) is 3. The zero-order chi connectivity index (χ0) is 13.5. The molecule has 0 aromatic heterocycles. The number of nitrogens with two attached hydrogens (primary N) is 1. The molecule has 0 saturated carbocycles. The highest BCUT2D eigenvalue weighted by Crippen LogP contribution is 2.09. The molecule has 1 aromatic rings. The van der Waals surface area contributed by atoms with E-state index >= 15 is 0 Å². The van der Waals surface area contributed by atoms with E-state index in [2.05, 4.69) is 6.07 Å². The molecule has 2 N–H and O–H groups in total. The third-order valence-corrected chi connectivity index (χ3v) is 2.83. The molecule has 18 heavy (non-hydrogen) atoms. The second-order valence-corrected chi connectivity index (χ2v) is 4.61. The maximum Gasteiger partial charge on any atom is 0.222 e. The molecule has 0 saturated heterocycles. The Labute approximate surface area is 108 Å². The second kappa shape index (κ2) is 6.77. The molecule has 1 amide bonds. The van der Waals surface area contributed by atoms with E-state index in [1.54, 1.807) is 24.1 Å². The predicted molar refractivity (Wildman–Crippen MR) is 70.5 cm³/mol. The van der Waals surface area contributed by atoms with E-state index in [0.717, 1.165) is 5.56 Å². The first-order valence-corrected chi connectivity index (χ1v) is 6.00. The van der Waals surface area contributed by atoms with Gasteiger partial charge in [-0.15, -0.1) is 0 Å². The zero-order valence-corrected chi connectivity index (χ0v) is 10.9. The van der Waals surface area contributed by atoms with Crippen LogP contribution in [-0.2, 0) is 11.3 Å². The van der Waals surface area contributed by atoms with E-state index in [4.69, 9.17) is 11.0 Å². The summed E-state index contributed by atoms with van der Waals surface area (Å²) in [6.07, 6.45) is 0.463. The molecule has 0 aliphatic rings. The average Bonchev–Trinajstić information content (AvgIpc) is 2.38. The van der Waals surface area contributed by atoms with Gasteiger partial charge in [0.05, 0.1) is 11.6 Å².